The van der Waals surface area contributed by atoms with E-state index in [2.05, 4.69) is 0 Å². The lowest BCUT2D eigenvalue weighted by molar-refractivity contribution is -0.125. The Hall–Kier alpha value is -2.91. The number of carbonyl (C=O) groups is 3. The predicted molar refractivity (Wildman–Crippen MR) is 114 cm³/mol. The molecule has 4 heterocycles. The van der Waals surface area contributed by atoms with E-state index >= 15 is 0 Å². The number of ether oxygens (including phenoxy) is 3. The summed E-state index contributed by atoms with van der Waals surface area (Å²) in [6.45, 7) is 3.26. The number of hydrogen-bond acceptors (Lipinski definition) is 7. The smallest absolute Gasteiger partial charge is 0.415 e. The third-order valence-electron chi connectivity index (χ3n) is 5.79. The van der Waals surface area contributed by atoms with E-state index in [-0.39, 0.29) is 30.9 Å². The molecule has 1 aromatic carbocycles. The van der Waals surface area contributed by atoms with Gasteiger partial charge in [-0.15, -0.1) is 11.3 Å². The normalized spacial score (nSPS) is 22.6. The number of aryl methyl sites for hydroxylation is 1. The summed E-state index contributed by atoms with van der Waals surface area (Å²) in [6.07, 6.45) is -0.0881. The highest BCUT2D eigenvalue weighted by molar-refractivity contribution is 7.14. The summed E-state index contributed by atoms with van der Waals surface area (Å²) in [7, 11) is 0. The summed E-state index contributed by atoms with van der Waals surface area (Å²) in [5.41, 5.74) is 1.33. The third-order valence-corrected chi connectivity index (χ3v) is 6.83. The van der Waals surface area contributed by atoms with Crippen molar-refractivity contribution in [1.29, 1.82) is 0 Å². The van der Waals surface area contributed by atoms with Crippen LogP contribution in [0.4, 0.5) is 16.2 Å². The molecule has 0 bridgehead atoms. The van der Waals surface area contributed by atoms with Crippen molar-refractivity contribution in [3.63, 3.8) is 0 Å². The second-order valence-corrected chi connectivity index (χ2v) is 9.08. The minimum absolute atomic E-state index is 0.0594. The van der Waals surface area contributed by atoms with Gasteiger partial charge in [-0.3, -0.25) is 14.5 Å². The molecule has 0 radical (unpaired) electrons. The van der Waals surface area contributed by atoms with Gasteiger partial charge in [-0.05, 0) is 37.6 Å². The maximum Gasteiger partial charge on any atom is 0.415 e. The molecule has 2 atom stereocenters. The number of benzene rings is 1. The molecular formula is C22H22N2O6S. The number of hydrogen-bond donors (Lipinski definition) is 0. The number of rotatable bonds is 5. The molecule has 0 saturated carbocycles. The molecule has 0 unspecified atom stereocenters. The van der Waals surface area contributed by atoms with E-state index < -0.39 is 12.2 Å². The number of thiophene rings is 1. The molecule has 2 fully saturated rings. The van der Waals surface area contributed by atoms with Crippen LogP contribution in [0.25, 0.3) is 0 Å². The number of morpholine rings is 1. The van der Waals surface area contributed by atoms with Crippen LogP contribution in [-0.4, -0.2) is 56.3 Å². The first kappa shape index (κ1) is 20.0. The van der Waals surface area contributed by atoms with Crippen LogP contribution in [0.1, 0.15) is 27.4 Å². The molecule has 0 spiro atoms. The number of anilines is 2. The molecule has 8 nitrogen and oxygen atoms in total. The number of amides is 2. The Morgan fingerprint density at radius 3 is 2.87 bits per heavy atom. The Balaban J connectivity index is 1.30. The molecule has 0 N–H and O–H groups in total. The fraction of sp³-hybridized carbons (Fsp3) is 0.409. The largest absolute Gasteiger partial charge is 0.489 e. The summed E-state index contributed by atoms with van der Waals surface area (Å²) >= 11 is 1.48. The van der Waals surface area contributed by atoms with Gasteiger partial charge >= 0.3 is 6.09 Å². The van der Waals surface area contributed by atoms with Crippen LogP contribution >= 0.6 is 11.3 Å². The third kappa shape index (κ3) is 3.68. The average Bonchev–Trinajstić information content (AvgIpc) is 3.35. The highest BCUT2D eigenvalue weighted by Gasteiger charge is 2.46. The lowest BCUT2D eigenvalue weighted by Gasteiger charge is -2.33. The van der Waals surface area contributed by atoms with E-state index in [1.54, 1.807) is 28.0 Å². The van der Waals surface area contributed by atoms with Crippen LogP contribution in [0.5, 0.6) is 5.75 Å². The number of ketones is 1. The Bertz CT molecular complexity index is 1050. The number of cyclic esters (lactones) is 1. The molecule has 9 heteroatoms. The summed E-state index contributed by atoms with van der Waals surface area (Å²) in [5, 5.41) is 0. The van der Waals surface area contributed by atoms with Crippen LogP contribution < -0.4 is 14.5 Å². The Morgan fingerprint density at radius 2 is 2.10 bits per heavy atom. The number of Topliss-reactive ketones (excluding diaryl/α,β-unsaturated/α-hetero) is 1. The molecule has 162 valence electrons. The minimum Gasteiger partial charge on any atom is -0.489 e. The van der Waals surface area contributed by atoms with Gasteiger partial charge in [0.25, 0.3) is 5.91 Å². The first-order valence-electron chi connectivity index (χ1n) is 10.3. The zero-order valence-corrected chi connectivity index (χ0v) is 17.9. The lowest BCUT2D eigenvalue weighted by atomic mass is 10.0. The van der Waals surface area contributed by atoms with Gasteiger partial charge < -0.3 is 19.1 Å². The van der Waals surface area contributed by atoms with Crippen LogP contribution in [-0.2, 0) is 14.3 Å². The fourth-order valence-corrected chi connectivity index (χ4v) is 5.04. The van der Waals surface area contributed by atoms with Gasteiger partial charge in [0.15, 0.2) is 5.78 Å². The predicted octanol–water partition coefficient (Wildman–Crippen LogP) is 3.17. The van der Waals surface area contributed by atoms with Gasteiger partial charge in [0.1, 0.15) is 31.1 Å². The molecule has 31 heavy (non-hydrogen) atoms. The second kappa shape index (κ2) is 7.97. The maximum atomic E-state index is 12.6. The summed E-state index contributed by atoms with van der Waals surface area (Å²) in [6, 6.07) is 8.85. The molecular weight excluding hydrogens is 420 g/mol. The second-order valence-electron chi connectivity index (χ2n) is 7.79. The molecule has 0 aliphatic carbocycles. The molecule has 2 aromatic rings. The number of fused-ring (bicyclic) bond motifs is 3. The van der Waals surface area contributed by atoms with Crippen LogP contribution in [0, 0.1) is 6.92 Å². The van der Waals surface area contributed by atoms with Crippen LogP contribution in [0.2, 0.25) is 0 Å². The highest BCUT2D eigenvalue weighted by Crippen LogP contribution is 2.41. The SMILES string of the molecule is Cc1ccc(C(=O)CC[C@@H]2OC(=O)N3c4ccc(N5CCOCC5=O)cc4OC[C@H]23)s1. The van der Waals surface area contributed by atoms with Gasteiger partial charge in [0, 0.05) is 29.6 Å². The summed E-state index contributed by atoms with van der Waals surface area (Å²) in [5.74, 6) is 0.492. The van der Waals surface area contributed by atoms with Crippen LogP contribution in [0.15, 0.2) is 30.3 Å². The first-order chi connectivity index (χ1) is 15.0. The average molecular weight is 442 g/mol. The van der Waals surface area contributed by atoms with Crippen molar-refractivity contribution in [3.8, 4) is 5.75 Å². The monoisotopic (exact) mass is 442 g/mol. The van der Waals surface area contributed by atoms with Gasteiger partial charge in [-0.25, -0.2) is 4.79 Å². The van der Waals surface area contributed by atoms with Gasteiger partial charge in [-0.1, -0.05) is 0 Å². The van der Waals surface area contributed by atoms with Gasteiger partial charge in [0.05, 0.1) is 17.2 Å². The number of nitrogens with zero attached hydrogens (tertiary/aromatic N) is 2. The zero-order chi connectivity index (χ0) is 21.5. The van der Waals surface area contributed by atoms with E-state index in [1.165, 1.54) is 11.3 Å². The first-order valence-corrected chi connectivity index (χ1v) is 11.1. The van der Waals surface area contributed by atoms with Crippen molar-refractivity contribution in [1.82, 2.24) is 0 Å². The Labute approximate surface area is 183 Å². The fourth-order valence-electron chi connectivity index (χ4n) is 4.21. The number of carbonyl (C=O) groups excluding carboxylic acids is 3. The quantitative estimate of drug-likeness (QED) is 0.662. The lowest BCUT2D eigenvalue weighted by Crippen LogP contribution is -2.45. The van der Waals surface area contributed by atoms with Crippen LogP contribution in [0.3, 0.4) is 0 Å². The highest BCUT2D eigenvalue weighted by atomic mass is 32.1. The molecule has 2 saturated heterocycles. The minimum atomic E-state index is -0.436. The molecule has 5 rings (SSSR count). The van der Waals surface area contributed by atoms with Crippen molar-refractivity contribution in [3.05, 3.63) is 40.1 Å². The van der Waals surface area contributed by atoms with E-state index in [0.717, 1.165) is 9.75 Å². The van der Waals surface area contributed by atoms with E-state index in [1.807, 2.05) is 19.1 Å². The zero-order valence-electron chi connectivity index (χ0n) is 17.0. The summed E-state index contributed by atoms with van der Waals surface area (Å²) < 4.78 is 16.7. The van der Waals surface area contributed by atoms with Gasteiger partial charge in [0.2, 0.25) is 0 Å². The summed E-state index contributed by atoms with van der Waals surface area (Å²) in [4.78, 5) is 42.3. The van der Waals surface area contributed by atoms with E-state index in [4.69, 9.17) is 14.2 Å². The van der Waals surface area contributed by atoms with Gasteiger partial charge in [-0.2, -0.15) is 0 Å². The topological polar surface area (TPSA) is 85.4 Å². The van der Waals surface area contributed by atoms with E-state index in [0.29, 0.717) is 43.1 Å². The van der Waals surface area contributed by atoms with Crippen molar-refractivity contribution in [2.45, 2.75) is 31.9 Å². The van der Waals surface area contributed by atoms with Crippen molar-refractivity contribution >= 4 is 40.5 Å². The van der Waals surface area contributed by atoms with Crippen molar-refractivity contribution < 1.29 is 28.6 Å². The molecule has 3 aliphatic heterocycles. The molecule has 2 amide bonds. The standard InChI is InChI=1S/C22H22N2O6S/c1-13-2-7-20(31-13)17(25)5-6-18-16-11-29-19-10-14(23-8-9-28-12-21(23)26)3-4-15(19)24(16)22(27)30-18/h2-4,7,10,16,18H,5-6,8-9,11-12H2,1H3/t16-,18+/m1/s1. The Morgan fingerprint density at radius 1 is 1.23 bits per heavy atom. The molecule has 3 aliphatic rings. The van der Waals surface area contributed by atoms with E-state index in [9.17, 15) is 14.4 Å². The van der Waals surface area contributed by atoms with Crippen molar-refractivity contribution in [2.75, 3.05) is 36.2 Å². The maximum absolute atomic E-state index is 12.6. The molecule has 1 aromatic heterocycles. The van der Waals surface area contributed by atoms with Crippen molar-refractivity contribution in [2.24, 2.45) is 0 Å². The Kier molecular flexibility index (Phi) is 5.15.